The van der Waals surface area contributed by atoms with E-state index in [2.05, 4.69) is 12.1 Å². The highest BCUT2D eigenvalue weighted by molar-refractivity contribution is 5.82. The van der Waals surface area contributed by atoms with Crippen LogP contribution in [0.25, 0.3) is 0 Å². The molecule has 4 heteroatoms. The summed E-state index contributed by atoms with van der Waals surface area (Å²) in [6, 6.07) is 10.4. The van der Waals surface area contributed by atoms with Gasteiger partial charge in [0.25, 0.3) is 0 Å². The number of benzene rings is 1. The van der Waals surface area contributed by atoms with Gasteiger partial charge in [0, 0.05) is 12.5 Å². The summed E-state index contributed by atoms with van der Waals surface area (Å²) in [5.41, 5.74) is 1.29. The number of nitrogens with zero attached hydrogens (tertiary/aromatic N) is 1. The average Bonchev–Trinajstić information content (AvgIpc) is 3.31. The highest BCUT2D eigenvalue weighted by Gasteiger charge is 2.42. The fourth-order valence-corrected chi connectivity index (χ4v) is 2.88. The van der Waals surface area contributed by atoms with Gasteiger partial charge in [-0.05, 0) is 36.7 Å². The molecule has 20 heavy (non-hydrogen) atoms. The lowest BCUT2D eigenvalue weighted by molar-refractivity contribution is -0.145. The maximum atomic E-state index is 12.3. The van der Waals surface area contributed by atoms with E-state index in [4.69, 9.17) is 5.11 Å². The summed E-state index contributed by atoms with van der Waals surface area (Å²) < 4.78 is 0. The molecule has 2 fully saturated rings. The molecule has 3 rings (SSSR count). The lowest BCUT2D eigenvalue weighted by Crippen LogP contribution is -2.37. The molecule has 2 aliphatic rings. The zero-order valence-corrected chi connectivity index (χ0v) is 11.4. The Labute approximate surface area is 118 Å². The van der Waals surface area contributed by atoms with Crippen molar-refractivity contribution in [3.63, 3.8) is 0 Å². The quantitative estimate of drug-likeness (QED) is 0.865. The molecular weight excluding hydrogens is 254 g/mol. The number of amides is 1. The van der Waals surface area contributed by atoms with Gasteiger partial charge in [0.05, 0.1) is 0 Å². The smallest absolute Gasteiger partial charge is 0.323 e. The molecule has 106 valence electrons. The van der Waals surface area contributed by atoms with Crippen molar-refractivity contribution < 1.29 is 14.7 Å². The van der Waals surface area contributed by atoms with E-state index in [1.54, 1.807) is 4.90 Å². The predicted octanol–water partition coefficient (Wildman–Crippen LogP) is 2.26. The van der Waals surface area contributed by atoms with Crippen LogP contribution in [0, 0.1) is 5.92 Å². The van der Waals surface area contributed by atoms with Crippen molar-refractivity contribution in [3.8, 4) is 0 Å². The van der Waals surface area contributed by atoms with Crippen molar-refractivity contribution in [1.82, 2.24) is 4.90 Å². The van der Waals surface area contributed by atoms with E-state index in [1.165, 1.54) is 5.56 Å². The number of carboxylic acid groups (broad SMARTS) is 1. The Hall–Kier alpha value is -1.84. The van der Waals surface area contributed by atoms with Crippen LogP contribution in [0.1, 0.15) is 37.2 Å². The van der Waals surface area contributed by atoms with E-state index in [0.717, 1.165) is 19.3 Å². The molecule has 2 saturated carbocycles. The summed E-state index contributed by atoms with van der Waals surface area (Å²) in [7, 11) is 0. The molecule has 0 aromatic heterocycles. The first-order valence-electron chi connectivity index (χ1n) is 7.21. The van der Waals surface area contributed by atoms with Crippen LogP contribution in [0.15, 0.2) is 30.3 Å². The minimum Gasteiger partial charge on any atom is -0.480 e. The number of rotatable bonds is 6. The summed E-state index contributed by atoms with van der Waals surface area (Å²) >= 11 is 0. The predicted molar refractivity (Wildman–Crippen MR) is 74.3 cm³/mol. The molecule has 0 unspecified atom stereocenters. The molecule has 2 aliphatic carbocycles. The van der Waals surface area contributed by atoms with Crippen molar-refractivity contribution in [2.75, 3.05) is 6.54 Å². The Bertz CT molecular complexity index is 510. The molecule has 0 heterocycles. The fraction of sp³-hybridized carbons (Fsp3) is 0.500. The number of carbonyl (C=O) groups is 2. The molecule has 1 N–H and O–H groups in total. The van der Waals surface area contributed by atoms with Gasteiger partial charge in [0.1, 0.15) is 6.54 Å². The second-order valence-corrected chi connectivity index (χ2v) is 5.86. The second-order valence-electron chi connectivity index (χ2n) is 5.86. The van der Waals surface area contributed by atoms with E-state index in [9.17, 15) is 9.59 Å². The third kappa shape index (κ3) is 3.00. The van der Waals surface area contributed by atoms with Crippen molar-refractivity contribution >= 4 is 11.9 Å². The van der Waals surface area contributed by atoms with Crippen LogP contribution >= 0.6 is 0 Å². The number of aliphatic carboxylic acids is 1. The zero-order chi connectivity index (χ0) is 14.1. The number of hydrogen-bond donors (Lipinski definition) is 1. The van der Waals surface area contributed by atoms with Gasteiger partial charge in [-0.2, -0.15) is 0 Å². The molecule has 0 radical (unpaired) electrons. The maximum Gasteiger partial charge on any atom is 0.323 e. The molecule has 4 nitrogen and oxygen atoms in total. The molecule has 1 amide bonds. The molecule has 0 saturated heterocycles. The third-order valence-electron chi connectivity index (χ3n) is 4.20. The second kappa shape index (κ2) is 5.27. The van der Waals surface area contributed by atoms with E-state index in [0.29, 0.717) is 18.3 Å². The van der Waals surface area contributed by atoms with Crippen LogP contribution in [0.2, 0.25) is 0 Å². The van der Waals surface area contributed by atoms with Crippen LogP contribution < -0.4 is 0 Å². The molecule has 0 bridgehead atoms. The van der Waals surface area contributed by atoms with E-state index in [1.807, 2.05) is 18.2 Å². The van der Waals surface area contributed by atoms with Gasteiger partial charge in [-0.3, -0.25) is 9.59 Å². The lowest BCUT2D eigenvalue weighted by atomic mass is 10.1. The molecule has 0 spiro atoms. The van der Waals surface area contributed by atoms with Gasteiger partial charge in [-0.1, -0.05) is 30.3 Å². The topological polar surface area (TPSA) is 57.6 Å². The van der Waals surface area contributed by atoms with Crippen LogP contribution in [0.5, 0.6) is 0 Å². The van der Waals surface area contributed by atoms with Gasteiger partial charge >= 0.3 is 5.97 Å². The van der Waals surface area contributed by atoms with E-state index < -0.39 is 5.97 Å². The maximum absolute atomic E-state index is 12.3. The lowest BCUT2D eigenvalue weighted by Gasteiger charge is -2.20. The molecule has 2 atom stereocenters. The van der Waals surface area contributed by atoms with Gasteiger partial charge < -0.3 is 10.0 Å². The van der Waals surface area contributed by atoms with Gasteiger partial charge in [0.2, 0.25) is 5.91 Å². The van der Waals surface area contributed by atoms with Crippen molar-refractivity contribution in [2.45, 2.75) is 37.6 Å². The Morgan fingerprint density at radius 2 is 1.90 bits per heavy atom. The monoisotopic (exact) mass is 273 g/mol. The van der Waals surface area contributed by atoms with Gasteiger partial charge in [-0.25, -0.2) is 0 Å². The van der Waals surface area contributed by atoms with Crippen LogP contribution in [0.4, 0.5) is 0 Å². The van der Waals surface area contributed by atoms with Crippen LogP contribution in [-0.2, 0) is 9.59 Å². The minimum absolute atomic E-state index is 0.0123. The SMILES string of the molecule is O=C(O)CN(C(=O)C[C@@H]1C[C@H]1c1ccccc1)C1CC1. The van der Waals surface area contributed by atoms with Crippen LogP contribution in [-0.4, -0.2) is 34.5 Å². The van der Waals surface area contributed by atoms with Gasteiger partial charge in [-0.15, -0.1) is 0 Å². The largest absolute Gasteiger partial charge is 0.480 e. The first-order chi connectivity index (χ1) is 9.65. The van der Waals surface area contributed by atoms with Gasteiger partial charge in [0.15, 0.2) is 0 Å². The van der Waals surface area contributed by atoms with Crippen molar-refractivity contribution in [3.05, 3.63) is 35.9 Å². The Balaban J connectivity index is 1.56. The molecular formula is C16H19NO3. The minimum atomic E-state index is -0.916. The Morgan fingerprint density at radius 1 is 1.20 bits per heavy atom. The summed E-state index contributed by atoms with van der Waals surface area (Å²) in [4.78, 5) is 24.6. The van der Waals surface area contributed by atoms with Crippen molar-refractivity contribution in [1.29, 1.82) is 0 Å². The first kappa shape index (κ1) is 13.2. The molecule has 1 aromatic carbocycles. The summed E-state index contributed by atoms with van der Waals surface area (Å²) in [5, 5.41) is 8.90. The highest BCUT2D eigenvalue weighted by Crippen LogP contribution is 2.49. The fourth-order valence-electron chi connectivity index (χ4n) is 2.88. The van der Waals surface area contributed by atoms with E-state index in [-0.39, 0.29) is 18.5 Å². The zero-order valence-electron chi connectivity index (χ0n) is 11.4. The summed E-state index contributed by atoms with van der Waals surface area (Å²) in [5.74, 6) is -0.0371. The van der Waals surface area contributed by atoms with Crippen molar-refractivity contribution in [2.24, 2.45) is 5.92 Å². The number of carbonyl (C=O) groups excluding carboxylic acids is 1. The Morgan fingerprint density at radius 3 is 2.50 bits per heavy atom. The summed E-state index contributed by atoms with van der Waals surface area (Å²) in [6.45, 7) is -0.147. The number of carboxylic acids is 1. The van der Waals surface area contributed by atoms with Crippen LogP contribution in [0.3, 0.4) is 0 Å². The third-order valence-corrected chi connectivity index (χ3v) is 4.20. The Kier molecular flexibility index (Phi) is 3.47. The highest BCUT2D eigenvalue weighted by atomic mass is 16.4. The first-order valence-corrected chi connectivity index (χ1v) is 7.21. The standard InChI is InChI=1S/C16H19NO3/c18-15(17(10-16(19)20)13-6-7-13)9-12-8-14(12)11-4-2-1-3-5-11/h1-5,12-14H,6-10H2,(H,19,20)/t12-,14-/m0/s1. The molecule has 0 aliphatic heterocycles. The normalized spacial score (nSPS) is 24.2. The summed E-state index contributed by atoms with van der Waals surface area (Å²) in [6.07, 6.45) is 3.43. The average molecular weight is 273 g/mol. The van der Waals surface area contributed by atoms with E-state index >= 15 is 0 Å². The number of hydrogen-bond acceptors (Lipinski definition) is 2. The molecule has 1 aromatic rings.